The number of amides is 1. The minimum Gasteiger partial charge on any atom is -0.302 e. The minimum atomic E-state index is -3.76. The average Bonchev–Trinajstić information content (AvgIpc) is 3.02. The number of carbonyl (C=O) groups excluding carboxylic acids is 1. The Morgan fingerprint density at radius 2 is 2.00 bits per heavy atom. The van der Waals surface area contributed by atoms with Gasteiger partial charge in [-0.25, -0.2) is 13.4 Å². The average molecular weight is 480 g/mol. The molecule has 0 aliphatic carbocycles. The van der Waals surface area contributed by atoms with Crippen LogP contribution in [0.4, 0.5) is 5.13 Å². The van der Waals surface area contributed by atoms with Crippen LogP contribution in [-0.2, 0) is 14.8 Å². The van der Waals surface area contributed by atoms with Crippen LogP contribution in [0.1, 0.15) is 18.5 Å². The molecule has 1 N–H and O–H groups in total. The van der Waals surface area contributed by atoms with Crippen LogP contribution in [0.25, 0.3) is 0 Å². The second-order valence-corrected chi connectivity index (χ2v) is 11.2. The summed E-state index contributed by atoms with van der Waals surface area (Å²) in [6.07, 6.45) is 2.83. The van der Waals surface area contributed by atoms with E-state index in [0.29, 0.717) is 23.0 Å². The number of sulfonamides is 1. The molecule has 0 atom stereocenters. The Bertz CT molecular complexity index is 987. The van der Waals surface area contributed by atoms with E-state index in [2.05, 4.69) is 10.3 Å². The topological polar surface area (TPSA) is 79.4 Å². The minimum absolute atomic E-state index is 0.00701. The number of halogens is 2. The van der Waals surface area contributed by atoms with Gasteiger partial charge in [0.2, 0.25) is 15.9 Å². The number of nitrogens with zero attached hydrogens (tertiary/aromatic N) is 2. The van der Waals surface area contributed by atoms with Crippen molar-refractivity contribution in [3.63, 3.8) is 0 Å². The lowest BCUT2D eigenvalue weighted by Crippen LogP contribution is -2.41. The fourth-order valence-corrected chi connectivity index (χ4v) is 6.83. The van der Waals surface area contributed by atoms with Crippen molar-refractivity contribution in [1.29, 1.82) is 0 Å². The highest BCUT2D eigenvalue weighted by Gasteiger charge is 2.33. The number of thioether (sulfide) groups is 1. The van der Waals surface area contributed by atoms with Gasteiger partial charge in [0.25, 0.3) is 0 Å². The van der Waals surface area contributed by atoms with Crippen LogP contribution in [0.3, 0.4) is 0 Å². The van der Waals surface area contributed by atoms with Gasteiger partial charge in [0.05, 0.1) is 14.9 Å². The van der Waals surface area contributed by atoms with Gasteiger partial charge in [-0.15, -0.1) is 11.8 Å². The molecule has 1 amide bonds. The lowest BCUT2D eigenvalue weighted by atomic mass is 9.97. The molecule has 3 rings (SSSR count). The summed E-state index contributed by atoms with van der Waals surface area (Å²) in [4.78, 5) is 16.9. The predicted molar refractivity (Wildman–Crippen MR) is 115 cm³/mol. The highest BCUT2D eigenvalue weighted by Crippen LogP contribution is 2.32. The van der Waals surface area contributed by atoms with Crippen molar-refractivity contribution in [1.82, 2.24) is 9.29 Å². The van der Waals surface area contributed by atoms with Crippen LogP contribution in [0.2, 0.25) is 10.0 Å². The van der Waals surface area contributed by atoms with Crippen molar-refractivity contribution in [3.8, 4) is 0 Å². The predicted octanol–water partition coefficient (Wildman–Crippen LogP) is 4.52. The molecule has 1 aliphatic heterocycles. The number of hydrogen-bond acceptors (Lipinski definition) is 6. The smallest absolute Gasteiger partial charge is 0.244 e. The van der Waals surface area contributed by atoms with Gasteiger partial charge < -0.3 is 5.32 Å². The van der Waals surface area contributed by atoms with Gasteiger partial charge in [0, 0.05) is 24.0 Å². The van der Waals surface area contributed by atoms with Crippen molar-refractivity contribution in [3.05, 3.63) is 33.9 Å². The van der Waals surface area contributed by atoms with E-state index in [4.69, 9.17) is 23.2 Å². The summed E-state index contributed by atoms with van der Waals surface area (Å²) in [5.74, 6) is -0.387. The number of thiazole rings is 1. The molecule has 2 aromatic rings. The molecule has 1 aromatic carbocycles. The molecule has 11 heteroatoms. The summed E-state index contributed by atoms with van der Waals surface area (Å²) < 4.78 is 28.2. The second kappa shape index (κ2) is 8.89. The number of hydrogen-bond donors (Lipinski definition) is 1. The number of nitrogens with one attached hydrogen (secondary N) is 1. The van der Waals surface area contributed by atoms with Crippen molar-refractivity contribution in [2.45, 2.75) is 28.9 Å². The first-order valence-electron chi connectivity index (χ1n) is 8.50. The zero-order chi connectivity index (χ0) is 20.5. The lowest BCUT2D eigenvalue weighted by molar-refractivity contribution is -0.120. The highest BCUT2D eigenvalue weighted by atomic mass is 35.5. The highest BCUT2D eigenvalue weighted by molar-refractivity contribution is 8.00. The number of benzene rings is 1. The first-order valence-corrected chi connectivity index (χ1v) is 12.7. The molecule has 1 saturated heterocycles. The molecule has 28 heavy (non-hydrogen) atoms. The largest absolute Gasteiger partial charge is 0.302 e. The van der Waals surface area contributed by atoms with E-state index in [1.807, 2.05) is 13.2 Å². The number of aryl methyl sites for hydroxylation is 1. The molecule has 1 fully saturated rings. The van der Waals surface area contributed by atoms with E-state index >= 15 is 0 Å². The maximum Gasteiger partial charge on any atom is 0.244 e. The Morgan fingerprint density at radius 3 is 2.61 bits per heavy atom. The normalized spacial score (nSPS) is 16.3. The Morgan fingerprint density at radius 1 is 1.32 bits per heavy atom. The Labute approximate surface area is 182 Å². The molecule has 1 aromatic heterocycles. The fraction of sp³-hybridized carbons (Fsp3) is 0.412. The number of rotatable bonds is 5. The summed E-state index contributed by atoms with van der Waals surface area (Å²) in [6.45, 7) is 2.40. The molecule has 0 radical (unpaired) electrons. The summed E-state index contributed by atoms with van der Waals surface area (Å²) >= 11 is 15.0. The quantitative estimate of drug-likeness (QED) is 0.637. The van der Waals surface area contributed by atoms with Crippen LogP contribution in [0.15, 0.2) is 27.3 Å². The zero-order valence-corrected chi connectivity index (χ0v) is 19.2. The standard InChI is InChI=1S/C17H19Cl2N3O3S3/c1-10-16(26-2)27-17(20-10)21-15(23)11-5-7-22(8-6-11)28(24,25)14-9-12(18)3-4-13(14)19/h3-4,9,11H,5-8H2,1-2H3,(H,20,21,23). The molecule has 152 valence electrons. The van der Waals surface area contributed by atoms with Crippen LogP contribution < -0.4 is 5.32 Å². The van der Waals surface area contributed by atoms with E-state index < -0.39 is 10.0 Å². The van der Waals surface area contributed by atoms with Crippen molar-refractivity contribution in [2.24, 2.45) is 5.92 Å². The van der Waals surface area contributed by atoms with E-state index in [9.17, 15) is 13.2 Å². The van der Waals surface area contributed by atoms with Gasteiger partial charge in [-0.3, -0.25) is 4.79 Å². The molecule has 0 saturated carbocycles. The van der Waals surface area contributed by atoms with E-state index in [0.717, 1.165) is 9.90 Å². The molecular weight excluding hydrogens is 461 g/mol. The van der Waals surface area contributed by atoms with Crippen molar-refractivity contribution < 1.29 is 13.2 Å². The van der Waals surface area contributed by atoms with Gasteiger partial charge in [-0.05, 0) is 44.2 Å². The second-order valence-electron chi connectivity index (χ2n) is 6.34. The maximum atomic E-state index is 12.9. The Hall–Kier alpha value is -0.840. The molecule has 0 bridgehead atoms. The molecule has 0 spiro atoms. The third-order valence-electron chi connectivity index (χ3n) is 4.51. The molecule has 6 nitrogen and oxygen atoms in total. The van der Waals surface area contributed by atoms with Crippen LogP contribution in [0, 0.1) is 12.8 Å². The maximum absolute atomic E-state index is 12.9. The Kier molecular flexibility index (Phi) is 6.94. The first-order chi connectivity index (χ1) is 13.2. The molecular formula is C17H19Cl2N3O3S3. The number of anilines is 1. The van der Waals surface area contributed by atoms with Gasteiger partial charge in [0.15, 0.2) is 5.13 Å². The summed E-state index contributed by atoms with van der Waals surface area (Å²) in [5.41, 5.74) is 0.895. The van der Waals surface area contributed by atoms with Gasteiger partial charge in [-0.1, -0.05) is 34.5 Å². The van der Waals surface area contributed by atoms with Gasteiger partial charge >= 0.3 is 0 Å². The molecule has 0 unspecified atom stereocenters. The fourth-order valence-electron chi connectivity index (χ4n) is 3.01. The number of carbonyl (C=O) groups is 1. The third-order valence-corrected chi connectivity index (χ3v) is 9.40. The van der Waals surface area contributed by atoms with Crippen molar-refractivity contribution >= 4 is 67.4 Å². The zero-order valence-electron chi connectivity index (χ0n) is 15.2. The first kappa shape index (κ1) is 21.9. The summed E-state index contributed by atoms with van der Waals surface area (Å²) in [6, 6.07) is 4.37. The van der Waals surface area contributed by atoms with E-state index in [-0.39, 0.29) is 34.8 Å². The molecule has 2 heterocycles. The summed E-state index contributed by atoms with van der Waals surface area (Å²) in [7, 11) is -3.76. The number of piperidine rings is 1. The van der Waals surface area contributed by atoms with Crippen molar-refractivity contribution in [2.75, 3.05) is 24.7 Å². The van der Waals surface area contributed by atoms with E-state index in [1.54, 1.807) is 17.8 Å². The van der Waals surface area contributed by atoms with Gasteiger partial charge in [0.1, 0.15) is 4.90 Å². The Balaban J connectivity index is 1.65. The van der Waals surface area contributed by atoms with Crippen LogP contribution in [0.5, 0.6) is 0 Å². The molecule has 1 aliphatic rings. The van der Waals surface area contributed by atoms with Crippen LogP contribution in [-0.4, -0.2) is 43.0 Å². The van der Waals surface area contributed by atoms with E-state index in [1.165, 1.54) is 27.8 Å². The van der Waals surface area contributed by atoms with Crippen LogP contribution >= 0.6 is 46.3 Å². The monoisotopic (exact) mass is 479 g/mol. The summed E-state index contributed by atoms with van der Waals surface area (Å²) in [5, 5.41) is 3.87. The number of aromatic nitrogens is 1. The lowest BCUT2D eigenvalue weighted by Gasteiger charge is -2.30. The SMILES string of the molecule is CSc1sc(NC(=O)C2CCN(S(=O)(=O)c3cc(Cl)ccc3Cl)CC2)nc1C. The van der Waals surface area contributed by atoms with Gasteiger partial charge in [-0.2, -0.15) is 4.31 Å². The third kappa shape index (κ3) is 4.66.